The smallest absolute Gasteiger partial charge is 0.290 e. The topological polar surface area (TPSA) is 93.4 Å². The summed E-state index contributed by atoms with van der Waals surface area (Å²) in [6, 6.07) is 2.51. The highest BCUT2D eigenvalue weighted by molar-refractivity contribution is 8.14. The van der Waals surface area contributed by atoms with E-state index in [4.69, 9.17) is 11.6 Å². The van der Waals surface area contributed by atoms with Crippen LogP contribution in [0.3, 0.4) is 0 Å². The summed E-state index contributed by atoms with van der Waals surface area (Å²) in [5.41, 5.74) is -0.281. The molecule has 20 heavy (non-hydrogen) atoms. The molecule has 0 N–H and O–H groups in total. The summed E-state index contributed by atoms with van der Waals surface area (Å²) in [6.45, 7) is 1.62. The highest BCUT2D eigenvalue weighted by atomic mass is 35.5. The second-order valence-corrected chi connectivity index (χ2v) is 6.04. The van der Waals surface area contributed by atoms with Gasteiger partial charge in [-0.1, -0.05) is 23.4 Å². The summed E-state index contributed by atoms with van der Waals surface area (Å²) >= 11 is 6.79. The Labute approximate surface area is 123 Å². The fourth-order valence-electron chi connectivity index (χ4n) is 1.95. The Morgan fingerprint density at radius 3 is 2.90 bits per heavy atom. The van der Waals surface area contributed by atoms with Crippen molar-refractivity contribution in [3.63, 3.8) is 0 Å². The number of hydrogen-bond donors (Lipinski definition) is 0. The quantitative estimate of drug-likeness (QED) is 0.481. The van der Waals surface area contributed by atoms with Gasteiger partial charge in [-0.05, 0) is 6.07 Å². The summed E-state index contributed by atoms with van der Waals surface area (Å²) in [6.07, 6.45) is 0.148. The standard InChI is InChI=1S/C11H10ClN3O4S/c1-6(16)20-7-4-10(17)14(5-7)11-8(15(18)19)2-3-9(12)13-11/h2-3,7H,4-5H2,1H3. The first-order valence-electron chi connectivity index (χ1n) is 5.67. The maximum Gasteiger partial charge on any atom is 0.312 e. The first kappa shape index (κ1) is 14.7. The normalized spacial score (nSPS) is 18.4. The number of hydrogen-bond acceptors (Lipinski definition) is 6. The van der Waals surface area contributed by atoms with Crippen molar-refractivity contribution < 1.29 is 14.5 Å². The molecular weight excluding hydrogens is 306 g/mol. The molecule has 2 rings (SSSR count). The molecule has 1 amide bonds. The Hall–Kier alpha value is -1.67. The number of nitro groups is 1. The molecule has 0 bridgehead atoms. The SMILES string of the molecule is CC(=O)SC1CC(=O)N(c2nc(Cl)ccc2[N+](=O)[O-])C1. The van der Waals surface area contributed by atoms with Gasteiger partial charge in [-0.3, -0.25) is 24.6 Å². The van der Waals surface area contributed by atoms with E-state index in [0.29, 0.717) is 0 Å². The van der Waals surface area contributed by atoms with Crippen LogP contribution in [0.4, 0.5) is 11.5 Å². The summed E-state index contributed by atoms with van der Waals surface area (Å²) < 4.78 is 0. The van der Waals surface area contributed by atoms with Gasteiger partial charge in [0.2, 0.25) is 11.7 Å². The minimum atomic E-state index is -0.614. The molecule has 0 aromatic carbocycles. The van der Waals surface area contributed by atoms with Crippen LogP contribution in [0.25, 0.3) is 0 Å². The highest BCUT2D eigenvalue weighted by Gasteiger charge is 2.36. The van der Waals surface area contributed by atoms with Crippen LogP contribution in [0, 0.1) is 10.1 Å². The maximum absolute atomic E-state index is 11.9. The molecule has 7 nitrogen and oxygen atoms in total. The summed E-state index contributed by atoms with van der Waals surface area (Å²) in [5, 5.41) is 10.7. The molecule has 106 valence electrons. The molecular formula is C11H10ClN3O4S. The van der Waals surface area contributed by atoms with Crippen LogP contribution >= 0.6 is 23.4 Å². The van der Waals surface area contributed by atoms with Gasteiger partial charge in [0, 0.05) is 31.2 Å². The van der Waals surface area contributed by atoms with Gasteiger partial charge in [-0.15, -0.1) is 0 Å². The van der Waals surface area contributed by atoms with Gasteiger partial charge < -0.3 is 0 Å². The molecule has 1 aromatic heterocycles. The Bertz CT molecular complexity index is 595. The van der Waals surface area contributed by atoms with Gasteiger partial charge in [-0.2, -0.15) is 0 Å². The van der Waals surface area contributed by atoms with Crippen LogP contribution in [0.2, 0.25) is 5.15 Å². The van der Waals surface area contributed by atoms with E-state index in [-0.39, 0.29) is 45.9 Å². The molecule has 1 atom stereocenters. The van der Waals surface area contributed by atoms with E-state index in [1.807, 2.05) is 0 Å². The Kier molecular flexibility index (Phi) is 4.24. The summed E-state index contributed by atoms with van der Waals surface area (Å²) in [4.78, 5) is 38.5. The second kappa shape index (κ2) is 5.76. The third-order valence-corrected chi connectivity index (χ3v) is 3.89. The number of aromatic nitrogens is 1. The van der Waals surface area contributed by atoms with Crippen LogP contribution in [0.15, 0.2) is 12.1 Å². The molecule has 9 heteroatoms. The van der Waals surface area contributed by atoms with Gasteiger partial charge in [0.1, 0.15) is 5.15 Å². The molecule has 1 aromatic rings. The predicted octanol–water partition coefficient (Wildman–Crippen LogP) is 2.03. The van der Waals surface area contributed by atoms with E-state index in [9.17, 15) is 19.7 Å². The fourth-order valence-corrected chi connectivity index (χ4v) is 3.01. The molecule has 0 aliphatic carbocycles. The molecule has 0 saturated carbocycles. The summed E-state index contributed by atoms with van der Waals surface area (Å²) in [5.74, 6) is -0.374. The Balaban J connectivity index is 2.32. The molecule has 1 fully saturated rings. The molecule has 1 aliphatic heterocycles. The predicted molar refractivity (Wildman–Crippen MR) is 74.9 cm³/mol. The van der Waals surface area contributed by atoms with Crippen molar-refractivity contribution in [1.29, 1.82) is 0 Å². The first-order valence-corrected chi connectivity index (χ1v) is 6.92. The van der Waals surface area contributed by atoms with Crippen LogP contribution in [0.5, 0.6) is 0 Å². The van der Waals surface area contributed by atoms with Crippen molar-refractivity contribution in [3.8, 4) is 0 Å². The zero-order valence-corrected chi connectivity index (χ0v) is 12.0. The van der Waals surface area contributed by atoms with Gasteiger partial charge in [0.25, 0.3) is 0 Å². The van der Waals surface area contributed by atoms with Gasteiger partial charge in [0.15, 0.2) is 5.12 Å². The average molecular weight is 316 g/mol. The number of thioether (sulfide) groups is 1. The number of amides is 1. The average Bonchev–Trinajstić information content (AvgIpc) is 2.68. The van der Waals surface area contributed by atoms with Crippen LogP contribution in [-0.4, -0.2) is 32.7 Å². The number of anilines is 1. The molecule has 0 spiro atoms. The van der Waals surface area contributed by atoms with E-state index in [0.717, 1.165) is 11.8 Å². The number of pyridine rings is 1. The van der Waals surface area contributed by atoms with Gasteiger partial charge >= 0.3 is 5.69 Å². The molecule has 1 saturated heterocycles. The number of halogens is 1. The number of nitrogens with zero attached hydrogens (tertiary/aromatic N) is 3. The van der Waals surface area contributed by atoms with E-state index in [1.165, 1.54) is 24.0 Å². The minimum Gasteiger partial charge on any atom is -0.290 e. The lowest BCUT2D eigenvalue weighted by Crippen LogP contribution is -2.26. The molecule has 0 radical (unpaired) electrons. The maximum atomic E-state index is 11.9. The van der Waals surface area contributed by atoms with E-state index in [1.54, 1.807) is 0 Å². The molecule has 1 unspecified atom stereocenters. The zero-order chi connectivity index (χ0) is 14.9. The monoisotopic (exact) mass is 315 g/mol. The second-order valence-electron chi connectivity index (χ2n) is 4.17. The van der Waals surface area contributed by atoms with Crippen molar-refractivity contribution >= 4 is 45.9 Å². The van der Waals surface area contributed by atoms with Crippen molar-refractivity contribution in [2.24, 2.45) is 0 Å². The van der Waals surface area contributed by atoms with Gasteiger partial charge in [-0.25, -0.2) is 4.98 Å². The lowest BCUT2D eigenvalue weighted by molar-refractivity contribution is -0.384. The Morgan fingerprint density at radius 2 is 2.30 bits per heavy atom. The van der Waals surface area contributed by atoms with Crippen LogP contribution < -0.4 is 4.90 Å². The minimum absolute atomic E-state index is 0.0702. The molecule has 2 heterocycles. The van der Waals surface area contributed by atoms with E-state index < -0.39 is 4.92 Å². The lowest BCUT2D eigenvalue weighted by atomic mass is 10.3. The third-order valence-electron chi connectivity index (χ3n) is 2.70. The van der Waals surface area contributed by atoms with Crippen molar-refractivity contribution in [2.75, 3.05) is 11.4 Å². The van der Waals surface area contributed by atoms with Crippen LogP contribution in [-0.2, 0) is 9.59 Å². The highest BCUT2D eigenvalue weighted by Crippen LogP contribution is 2.33. The largest absolute Gasteiger partial charge is 0.312 e. The van der Waals surface area contributed by atoms with Gasteiger partial charge in [0.05, 0.1) is 4.92 Å². The van der Waals surface area contributed by atoms with Crippen molar-refractivity contribution in [3.05, 3.63) is 27.4 Å². The number of carbonyl (C=O) groups excluding carboxylic acids is 2. The van der Waals surface area contributed by atoms with E-state index in [2.05, 4.69) is 4.98 Å². The third kappa shape index (κ3) is 3.07. The first-order chi connectivity index (χ1) is 9.38. The Morgan fingerprint density at radius 1 is 1.60 bits per heavy atom. The summed E-state index contributed by atoms with van der Waals surface area (Å²) in [7, 11) is 0. The van der Waals surface area contributed by atoms with Crippen LogP contribution in [0.1, 0.15) is 13.3 Å². The lowest BCUT2D eigenvalue weighted by Gasteiger charge is -2.15. The number of carbonyl (C=O) groups is 2. The number of rotatable bonds is 3. The molecule has 1 aliphatic rings. The van der Waals surface area contributed by atoms with Crippen molar-refractivity contribution in [2.45, 2.75) is 18.6 Å². The van der Waals surface area contributed by atoms with Crippen molar-refractivity contribution in [1.82, 2.24) is 4.98 Å². The fraction of sp³-hybridized carbons (Fsp3) is 0.364. The zero-order valence-electron chi connectivity index (χ0n) is 10.4. The van der Waals surface area contributed by atoms with E-state index >= 15 is 0 Å².